The van der Waals surface area contributed by atoms with Gasteiger partial charge in [-0.25, -0.2) is 10.2 Å². The van der Waals surface area contributed by atoms with Crippen molar-refractivity contribution in [2.75, 3.05) is 12.0 Å². The minimum absolute atomic E-state index is 0.0381. The van der Waals surface area contributed by atoms with Crippen LogP contribution in [0.25, 0.3) is 11.4 Å². The fraction of sp³-hybridized carbons (Fsp3) is 0.375. The van der Waals surface area contributed by atoms with Crippen molar-refractivity contribution < 1.29 is 18.9 Å². The number of carbonyl (C=O) groups excluding carboxylic acids is 3. The minimum Gasteiger partial charge on any atom is -0.323 e. The molecule has 0 atom stereocenters. The highest BCUT2D eigenvalue weighted by Crippen LogP contribution is 2.24. The number of hydrogen-bond donors (Lipinski definition) is 3. The van der Waals surface area contributed by atoms with Gasteiger partial charge in [0.15, 0.2) is 0 Å². The summed E-state index contributed by atoms with van der Waals surface area (Å²) in [5.74, 6) is -0.700. The summed E-state index contributed by atoms with van der Waals surface area (Å²) in [6, 6.07) is 2.79. The number of amides is 4. The molecule has 3 heterocycles. The maximum Gasteiger partial charge on any atom is 0.340 e. The van der Waals surface area contributed by atoms with Crippen molar-refractivity contribution in [2.45, 2.75) is 32.2 Å². The van der Waals surface area contributed by atoms with Gasteiger partial charge in [0.05, 0.1) is 0 Å². The molecule has 3 rings (SSSR count). The maximum absolute atomic E-state index is 12.5. The maximum atomic E-state index is 12.5. The predicted molar refractivity (Wildman–Crippen MR) is 92.9 cm³/mol. The zero-order chi connectivity index (χ0) is 19.4. The van der Waals surface area contributed by atoms with Crippen LogP contribution in [0.2, 0.25) is 0 Å². The van der Waals surface area contributed by atoms with E-state index in [1.54, 1.807) is 24.5 Å². The minimum atomic E-state index is -0.948. The van der Waals surface area contributed by atoms with Crippen molar-refractivity contribution in [1.82, 2.24) is 30.8 Å². The Morgan fingerprint density at radius 1 is 1.26 bits per heavy atom. The Kier molecular flexibility index (Phi) is 5.01. The molecule has 0 saturated carbocycles. The first-order chi connectivity index (χ1) is 13.0. The van der Waals surface area contributed by atoms with Crippen LogP contribution >= 0.6 is 0 Å². The number of hydrazine groups is 1. The summed E-state index contributed by atoms with van der Waals surface area (Å²) >= 11 is 0. The summed E-state index contributed by atoms with van der Waals surface area (Å²) in [6.07, 6.45) is 4.07. The molecule has 11 nitrogen and oxygen atoms in total. The molecule has 1 fully saturated rings. The molecule has 3 N–H and O–H groups in total. The predicted octanol–water partition coefficient (Wildman–Crippen LogP) is 0.685. The van der Waals surface area contributed by atoms with Gasteiger partial charge in [0, 0.05) is 18.0 Å². The SMILES string of the molecule is CCC1(CC)NC(=O)N(CC(=O)NNc2nc(-c3ccncc3)no2)C1=O. The summed E-state index contributed by atoms with van der Waals surface area (Å²) in [7, 11) is 0. The van der Waals surface area contributed by atoms with Crippen molar-refractivity contribution >= 4 is 23.9 Å². The van der Waals surface area contributed by atoms with Crippen LogP contribution in [0, 0.1) is 0 Å². The highest BCUT2D eigenvalue weighted by molar-refractivity contribution is 6.09. The Bertz CT molecular complexity index is 847. The van der Waals surface area contributed by atoms with Gasteiger partial charge in [0.1, 0.15) is 12.1 Å². The van der Waals surface area contributed by atoms with Crippen LogP contribution in [0.3, 0.4) is 0 Å². The molecule has 0 aliphatic carbocycles. The molecule has 0 unspecified atom stereocenters. The van der Waals surface area contributed by atoms with E-state index in [2.05, 4.69) is 31.3 Å². The molecule has 0 spiro atoms. The lowest BCUT2D eigenvalue weighted by Crippen LogP contribution is -2.47. The molecule has 0 aromatic carbocycles. The second-order valence-corrected chi connectivity index (χ2v) is 5.94. The topological polar surface area (TPSA) is 142 Å². The van der Waals surface area contributed by atoms with Gasteiger partial charge in [0.25, 0.3) is 11.8 Å². The Labute approximate surface area is 154 Å². The van der Waals surface area contributed by atoms with Crippen LogP contribution in [0.15, 0.2) is 29.0 Å². The number of hydrogen-bond acceptors (Lipinski definition) is 8. The van der Waals surface area contributed by atoms with E-state index in [-0.39, 0.29) is 6.01 Å². The van der Waals surface area contributed by atoms with E-state index in [9.17, 15) is 14.4 Å². The number of pyridine rings is 1. The summed E-state index contributed by atoms with van der Waals surface area (Å²) in [4.78, 5) is 45.4. The van der Waals surface area contributed by atoms with Gasteiger partial charge in [-0.3, -0.25) is 24.9 Å². The average molecular weight is 373 g/mol. The van der Waals surface area contributed by atoms with Crippen LogP contribution in [-0.2, 0) is 9.59 Å². The number of carbonyl (C=O) groups is 3. The molecule has 2 aromatic rings. The van der Waals surface area contributed by atoms with Crippen LogP contribution in [0.5, 0.6) is 0 Å². The first-order valence-corrected chi connectivity index (χ1v) is 8.42. The first-order valence-electron chi connectivity index (χ1n) is 8.42. The summed E-state index contributed by atoms with van der Waals surface area (Å²) in [6.45, 7) is 3.19. The monoisotopic (exact) mass is 373 g/mol. The molecule has 4 amide bonds. The third-order valence-corrected chi connectivity index (χ3v) is 4.43. The lowest BCUT2D eigenvalue weighted by molar-refractivity contribution is -0.135. The average Bonchev–Trinajstić information content (AvgIpc) is 3.26. The second-order valence-electron chi connectivity index (χ2n) is 5.94. The summed E-state index contributed by atoms with van der Waals surface area (Å²) in [5, 5.41) is 6.43. The molecule has 142 valence electrons. The lowest BCUT2D eigenvalue weighted by Gasteiger charge is -2.22. The third-order valence-electron chi connectivity index (χ3n) is 4.43. The third kappa shape index (κ3) is 3.57. The van der Waals surface area contributed by atoms with E-state index in [0.29, 0.717) is 24.2 Å². The van der Waals surface area contributed by atoms with E-state index < -0.39 is 29.9 Å². The number of nitrogens with one attached hydrogen (secondary N) is 3. The van der Waals surface area contributed by atoms with Gasteiger partial charge in [-0.05, 0) is 25.0 Å². The molecule has 0 bridgehead atoms. The van der Waals surface area contributed by atoms with Crippen molar-refractivity contribution in [2.24, 2.45) is 0 Å². The van der Waals surface area contributed by atoms with Crippen molar-refractivity contribution in [1.29, 1.82) is 0 Å². The van der Waals surface area contributed by atoms with Crippen molar-refractivity contribution in [3.63, 3.8) is 0 Å². The Hall–Kier alpha value is -3.50. The largest absolute Gasteiger partial charge is 0.340 e. The zero-order valence-corrected chi connectivity index (χ0v) is 14.9. The molecule has 11 heteroatoms. The smallest absolute Gasteiger partial charge is 0.323 e. The molecule has 27 heavy (non-hydrogen) atoms. The molecule has 1 saturated heterocycles. The zero-order valence-electron chi connectivity index (χ0n) is 14.9. The first kappa shape index (κ1) is 18.3. The van der Waals surface area contributed by atoms with Crippen LogP contribution in [-0.4, -0.2) is 50.0 Å². The van der Waals surface area contributed by atoms with Gasteiger partial charge in [-0.1, -0.05) is 19.0 Å². The molecule has 2 aromatic heterocycles. The van der Waals surface area contributed by atoms with E-state index >= 15 is 0 Å². The van der Waals surface area contributed by atoms with Crippen LogP contribution in [0.4, 0.5) is 10.8 Å². The highest BCUT2D eigenvalue weighted by Gasteiger charge is 2.49. The second kappa shape index (κ2) is 7.40. The van der Waals surface area contributed by atoms with Crippen molar-refractivity contribution in [3.8, 4) is 11.4 Å². The van der Waals surface area contributed by atoms with Gasteiger partial charge >= 0.3 is 12.0 Å². The molecular formula is C16H19N7O4. The van der Waals surface area contributed by atoms with Gasteiger partial charge in [-0.15, -0.1) is 0 Å². The Balaban J connectivity index is 1.57. The highest BCUT2D eigenvalue weighted by atomic mass is 16.5. The normalized spacial score (nSPS) is 15.6. The number of anilines is 1. The van der Waals surface area contributed by atoms with Crippen LogP contribution < -0.4 is 16.2 Å². The van der Waals surface area contributed by atoms with E-state index in [0.717, 1.165) is 4.90 Å². The van der Waals surface area contributed by atoms with E-state index in [1.165, 1.54) is 0 Å². The standard InChI is InChI=1S/C16H19N7O4/c1-3-16(4-2)13(25)23(15(26)19-16)9-11(24)20-21-14-18-12(22-27-14)10-5-7-17-8-6-10/h5-8H,3-4,9H2,1-2H3,(H,19,26)(H,20,24)(H,18,21,22). The fourth-order valence-electron chi connectivity index (χ4n) is 2.75. The molecule has 1 aliphatic heterocycles. The molecular weight excluding hydrogens is 354 g/mol. The van der Waals surface area contributed by atoms with E-state index in [4.69, 9.17) is 4.52 Å². The lowest BCUT2D eigenvalue weighted by atomic mass is 9.93. The Morgan fingerprint density at radius 2 is 1.96 bits per heavy atom. The number of aromatic nitrogens is 3. The quantitative estimate of drug-likeness (QED) is 0.475. The number of nitrogens with zero attached hydrogens (tertiary/aromatic N) is 4. The van der Waals surface area contributed by atoms with Gasteiger partial charge in [0.2, 0.25) is 5.82 Å². The number of urea groups is 1. The van der Waals surface area contributed by atoms with Crippen LogP contribution in [0.1, 0.15) is 26.7 Å². The van der Waals surface area contributed by atoms with Gasteiger partial charge in [-0.2, -0.15) is 4.98 Å². The molecule has 0 radical (unpaired) electrons. The molecule has 1 aliphatic rings. The number of imide groups is 1. The van der Waals surface area contributed by atoms with Crippen molar-refractivity contribution in [3.05, 3.63) is 24.5 Å². The summed E-state index contributed by atoms with van der Waals surface area (Å²) < 4.78 is 4.98. The fourth-order valence-corrected chi connectivity index (χ4v) is 2.75. The number of rotatable bonds is 7. The summed E-state index contributed by atoms with van der Waals surface area (Å²) in [5.41, 5.74) is 4.53. The van der Waals surface area contributed by atoms with E-state index in [1.807, 2.05) is 13.8 Å². The van der Waals surface area contributed by atoms with Gasteiger partial charge < -0.3 is 9.84 Å². The Morgan fingerprint density at radius 3 is 2.59 bits per heavy atom.